The second kappa shape index (κ2) is 12.5. The molecule has 0 N–H and O–H groups in total. The highest BCUT2D eigenvalue weighted by atomic mass is 16.5. The molecule has 1 aliphatic heterocycles. The van der Waals surface area contributed by atoms with E-state index in [0.717, 1.165) is 50.4 Å². The Labute approximate surface area is 204 Å². The molecule has 5 heteroatoms. The number of hydrogen-bond acceptors (Lipinski definition) is 5. The van der Waals surface area contributed by atoms with Crippen molar-refractivity contribution in [3.8, 4) is 11.5 Å². The maximum atomic E-state index is 12.3. The molecule has 182 valence electrons. The number of allylic oxidation sites excluding steroid dienone is 2. The van der Waals surface area contributed by atoms with Crippen LogP contribution in [0, 0.1) is 0 Å². The molecule has 1 saturated heterocycles. The Hall–Kier alpha value is -2.89. The lowest BCUT2D eigenvalue weighted by Crippen LogP contribution is -2.37. The Bertz CT molecular complexity index is 980. The van der Waals surface area contributed by atoms with Gasteiger partial charge >= 0.3 is 0 Å². The van der Waals surface area contributed by atoms with Gasteiger partial charge in [-0.3, -0.25) is 9.69 Å². The molecule has 1 fully saturated rings. The van der Waals surface area contributed by atoms with Gasteiger partial charge in [-0.15, -0.1) is 0 Å². The minimum absolute atomic E-state index is 0.0673. The molecule has 5 nitrogen and oxygen atoms in total. The lowest BCUT2D eigenvalue weighted by atomic mass is 9.87. The Morgan fingerprint density at radius 3 is 2.26 bits per heavy atom. The molecule has 0 aliphatic carbocycles. The van der Waals surface area contributed by atoms with Gasteiger partial charge in [0.15, 0.2) is 17.3 Å². The van der Waals surface area contributed by atoms with Crippen LogP contribution in [0.3, 0.4) is 0 Å². The van der Waals surface area contributed by atoms with Crippen molar-refractivity contribution in [2.24, 2.45) is 0 Å². The fourth-order valence-electron chi connectivity index (χ4n) is 3.71. The van der Waals surface area contributed by atoms with E-state index in [9.17, 15) is 4.79 Å². The predicted octanol–water partition coefficient (Wildman–Crippen LogP) is 5.39. The van der Waals surface area contributed by atoms with Crippen LogP contribution in [-0.2, 0) is 14.9 Å². The summed E-state index contributed by atoms with van der Waals surface area (Å²) < 4.78 is 16.8. The first-order valence-corrected chi connectivity index (χ1v) is 12.0. The van der Waals surface area contributed by atoms with Gasteiger partial charge < -0.3 is 14.2 Å². The van der Waals surface area contributed by atoms with Gasteiger partial charge in [0.1, 0.15) is 0 Å². The van der Waals surface area contributed by atoms with Crippen LogP contribution in [0.1, 0.15) is 43.9 Å². The van der Waals surface area contributed by atoms with Crippen LogP contribution >= 0.6 is 0 Å². The third-order valence-corrected chi connectivity index (χ3v) is 5.82. The van der Waals surface area contributed by atoms with Crippen molar-refractivity contribution in [1.82, 2.24) is 4.90 Å². The van der Waals surface area contributed by atoms with Crippen LogP contribution in [0.25, 0.3) is 12.2 Å². The fraction of sp³-hybridized carbons (Fsp3) is 0.414. The zero-order chi connectivity index (χ0) is 24.4. The maximum Gasteiger partial charge on any atom is 0.178 e. The van der Waals surface area contributed by atoms with Crippen molar-refractivity contribution in [2.45, 2.75) is 32.6 Å². The summed E-state index contributed by atoms with van der Waals surface area (Å²) in [4.78, 5) is 14.7. The maximum absolute atomic E-state index is 12.3. The van der Waals surface area contributed by atoms with Crippen molar-refractivity contribution in [1.29, 1.82) is 0 Å². The SMILES string of the molecule is COc1cc(/C=C/C(=O)/C=C/c2ccc(C(C)(C)C)cc2)ccc1OCCCN1CCOCC1. The van der Waals surface area contributed by atoms with Gasteiger partial charge in [0, 0.05) is 19.6 Å². The topological polar surface area (TPSA) is 48.0 Å². The van der Waals surface area contributed by atoms with Crippen LogP contribution in [0.5, 0.6) is 11.5 Å². The van der Waals surface area contributed by atoms with Gasteiger partial charge in [-0.05, 0) is 52.8 Å². The zero-order valence-corrected chi connectivity index (χ0v) is 20.9. The summed E-state index contributed by atoms with van der Waals surface area (Å²) in [7, 11) is 1.63. The molecule has 3 rings (SSSR count). The van der Waals surface area contributed by atoms with Crippen molar-refractivity contribution in [2.75, 3.05) is 46.6 Å². The van der Waals surface area contributed by atoms with E-state index in [1.807, 2.05) is 36.4 Å². The molecule has 0 saturated carbocycles. The molecule has 0 spiro atoms. The highest BCUT2D eigenvalue weighted by molar-refractivity contribution is 6.04. The van der Waals surface area contributed by atoms with E-state index in [-0.39, 0.29) is 11.2 Å². The quantitative estimate of drug-likeness (QED) is 0.349. The number of methoxy groups -OCH3 is 1. The van der Waals surface area contributed by atoms with Gasteiger partial charge in [-0.2, -0.15) is 0 Å². The summed E-state index contributed by atoms with van der Waals surface area (Å²) in [5.74, 6) is 1.31. The Kier molecular flexibility index (Phi) is 9.49. The van der Waals surface area contributed by atoms with Crippen LogP contribution in [0.4, 0.5) is 0 Å². The third kappa shape index (κ3) is 8.15. The third-order valence-electron chi connectivity index (χ3n) is 5.82. The largest absolute Gasteiger partial charge is 0.493 e. The van der Waals surface area contributed by atoms with E-state index in [1.165, 1.54) is 5.56 Å². The number of nitrogens with zero attached hydrogens (tertiary/aromatic N) is 1. The highest BCUT2D eigenvalue weighted by Gasteiger charge is 2.12. The first kappa shape index (κ1) is 25.7. The normalized spacial score (nSPS) is 15.2. The molecule has 34 heavy (non-hydrogen) atoms. The molecule has 1 heterocycles. The molecular weight excluding hydrogens is 426 g/mol. The summed E-state index contributed by atoms with van der Waals surface area (Å²) in [5.41, 5.74) is 3.28. The highest BCUT2D eigenvalue weighted by Crippen LogP contribution is 2.29. The Morgan fingerprint density at radius 2 is 1.62 bits per heavy atom. The van der Waals surface area contributed by atoms with Gasteiger partial charge in [0.25, 0.3) is 0 Å². The van der Waals surface area contributed by atoms with Crippen LogP contribution < -0.4 is 9.47 Å². The monoisotopic (exact) mass is 463 g/mol. The van der Waals surface area contributed by atoms with E-state index in [1.54, 1.807) is 25.3 Å². The standard InChI is InChI=1S/C29H37NO4/c1-29(2,3)25-11-6-23(7-12-25)8-13-26(31)14-9-24-10-15-27(28(22-24)32-4)34-19-5-16-30-17-20-33-21-18-30/h6-15,22H,5,16-21H2,1-4H3/b13-8+,14-9+. The summed E-state index contributed by atoms with van der Waals surface area (Å²) in [6.07, 6.45) is 7.74. The zero-order valence-electron chi connectivity index (χ0n) is 20.9. The van der Waals surface area contributed by atoms with Crippen LogP contribution in [0.15, 0.2) is 54.6 Å². The van der Waals surface area contributed by atoms with E-state index in [0.29, 0.717) is 18.1 Å². The average Bonchev–Trinajstić information content (AvgIpc) is 2.84. The number of morpholine rings is 1. The molecule has 0 bridgehead atoms. The van der Waals surface area contributed by atoms with Gasteiger partial charge in [0.05, 0.1) is 26.9 Å². The summed E-state index contributed by atoms with van der Waals surface area (Å²) >= 11 is 0. The van der Waals surface area contributed by atoms with E-state index in [4.69, 9.17) is 14.2 Å². The summed E-state index contributed by atoms with van der Waals surface area (Å²) in [6.45, 7) is 11.8. The second-order valence-corrected chi connectivity index (χ2v) is 9.51. The molecule has 2 aromatic rings. The van der Waals surface area contributed by atoms with Crippen molar-refractivity contribution >= 4 is 17.9 Å². The van der Waals surface area contributed by atoms with Crippen molar-refractivity contribution < 1.29 is 19.0 Å². The molecule has 0 radical (unpaired) electrons. The van der Waals surface area contributed by atoms with Crippen molar-refractivity contribution in [3.05, 3.63) is 71.3 Å². The number of ketones is 1. The molecule has 2 aromatic carbocycles. The smallest absolute Gasteiger partial charge is 0.178 e. The number of rotatable bonds is 10. The molecule has 0 unspecified atom stereocenters. The Balaban J connectivity index is 1.50. The number of carbonyl (C=O) groups is 1. The van der Waals surface area contributed by atoms with Gasteiger partial charge in [0.2, 0.25) is 0 Å². The van der Waals surface area contributed by atoms with Gasteiger partial charge in [-0.25, -0.2) is 0 Å². The lowest BCUT2D eigenvalue weighted by molar-refractivity contribution is -0.110. The minimum atomic E-state index is -0.0673. The second-order valence-electron chi connectivity index (χ2n) is 9.51. The molecule has 0 atom stereocenters. The molecule has 1 aliphatic rings. The molecule has 0 aromatic heterocycles. The summed E-state index contributed by atoms with van der Waals surface area (Å²) in [5, 5.41) is 0. The fourth-order valence-corrected chi connectivity index (χ4v) is 3.71. The first-order chi connectivity index (χ1) is 16.3. The van der Waals surface area contributed by atoms with E-state index < -0.39 is 0 Å². The lowest BCUT2D eigenvalue weighted by Gasteiger charge is -2.26. The summed E-state index contributed by atoms with van der Waals surface area (Å²) in [6, 6.07) is 14.0. The average molecular weight is 464 g/mol. The molecular formula is C29H37NO4. The number of benzene rings is 2. The van der Waals surface area contributed by atoms with Crippen LogP contribution in [0.2, 0.25) is 0 Å². The minimum Gasteiger partial charge on any atom is -0.493 e. The van der Waals surface area contributed by atoms with Crippen LogP contribution in [-0.4, -0.2) is 57.2 Å². The predicted molar refractivity (Wildman–Crippen MR) is 139 cm³/mol. The van der Waals surface area contributed by atoms with E-state index >= 15 is 0 Å². The van der Waals surface area contributed by atoms with Crippen molar-refractivity contribution in [3.63, 3.8) is 0 Å². The molecule has 0 amide bonds. The number of carbonyl (C=O) groups excluding carboxylic acids is 1. The number of hydrogen-bond donors (Lipinski definition) is 0. The van der Waals surface area contributed by atoms with Gasteiger partial charge in [-0.1, -0.05) is 63.3 Å². The van der Waals surface area contributed by atoms with E-state index in [2.05, 4.69) is 37.8 Å². The number of ether oxygens (including phenoxy) is 3. The first-order valence-electron chi connectivity index (χ1n) is 12.0. The Morgan fingerprint density at radius 1 is 0.971 bits per heavy atom.